The summed E-state index contributed by atoms with van der Waals surface area (Å²) in [5.41, 5.74) is 0.839. The number of carbonyl (C=O) groups is 1. The zero-order chi connectivity index (χ0) is 25.1. The van der Waals surface area contributed by atoms with Gasteiger partial charge in [0.15, 0.2) is 0 Å². The molecule has 35 heavy (non-hydrogen) atoms. The summed E-state index contributed by atoms with van der Waals surface area (Å²) in [6.07, 6.45) is -4.79. The van der Waals surface area contributed by atoms with Gasteiger partial charge in [-0.1, -0.05) is 42.2 Å². The summed E-state index contributed by atoms with van der Waals surface area (Å²) < 4.78 is 66.8. The molecule has 0 aliphatic carbocycles. The Morgan fingerprint density at radius 2 is 1.29 bits per heavy atom. The molecule has 0 bridgehead atoms. The molecule has 0 spiro atoms. The van der Waals surface area contributed by atoms with Crippen LogP contribution in [0.25, 0.3) is 0 Å². The lowest BCUT2D eigenvalue weighted by molar-refractivity contribution is -0.139. The van der Waals surface area contributed by atoms with E-state index < -0.39 is 26.7 Å². The lowest BCUT2D eigenvalue weighted by Crippen LogP contribution is -2.50. The Bertz CT molecular complexity index is 1370. The zero-order valence-corrected chi connectivity index (χ0v) is 19.3. The molecule has 0 unspecified atom stereocenters. The van der Waals surface area contributed by atoms with Gasteiger partial charge in [0.1, 0.15) is 0 Å². The van der Waals surface area contributed by atoms with E-state index in [0.29, 0.717) is 5.56 Å². The van der Waals surface area contributed by atoms with Crippen molar-refractivity contribution in [2.75, 3.05) is 26.2 Å². The van der Waals surface area contributed by atoms with E-state index in [1.54, 1.807) is 24.3 Å². The van der Waals surface area contributed by atoms with Crippen LogP contribution in [0.1, 0.15) is 27.0 Å². The average molecular weight is 499 g/mol. The van der Waals surface area contributed by atoms with E-state index in [0.717, 1.165) is 33.6 Å². The van der Waals surface area contributed by atoms with Crippen LogP contribution in [0, 0.1) is 11.8 Å². The summed E-state index contributed by atoms with van der Waals surface area (Å²) in [7, 11) is -4.36. The van der Waals surface area contributed by atoms with Crippen LogP contribution >= 0.6 is 0 Å². The summed E-state index contributed by atoms with van der Waals surface area (Å²) in [5.74, 6) is 5.79. The quantitative estimate of drug-likeness (QED) is 0.508. The second-order valence-corrected chi connectivity index (χ2v) is 9.79. The Morgan fingerprint density at radius 1 is 0.743 bits per heavy atom. The van der Waals surface area contributed by atoms with Crippen LogP contribution < -0.4 is 0 Å². The van der Waals surface area contributed by atoms with Crippen molar-refractivity contribution in [2.24, 2.45) is 0 Å². The standard InChI is InChI=1S/C26H21F3N2O3S/c27-26(28,29)23-8-4-5-9-24(23)35(33,34)31-18-16-30(17-19-31)25(32)22-14-12-21(13-15-22)11-10-20-6-2-1-3-7-20/h1-9,12-15H,16-19H2. The van der Waals surface area contributed by atoms with Crippen molar-refractivity contribution in [3.8, 4) is 11.8 Å². The van der Waals surface area contributed by atoms with Gasteiger partial charge < -0.3 is 4.90 Å². The third-order valence-corrected chi connectivity index (χ3v) is 7.55. The largest absolute Gasteiger partial charge is 0.417 e. The molecular weight excluding hydrogens is 477 g/mol. The normalized spacial score (nSPS) is 14.8. The van der Waals surface area contributed by atoms with Crippen molar-refractivity contribution in [1.29, 1.82) is 0 Å². The van der Waals surface area contributed by atoms with E-state index in [9.17, 15) is 26.4 Å². The number of rotatable bonds is 3. The van der Waals surface area contributed by atoms with Gasteiger partial charge in [-0.15, -0.1) is 0 Å². The summed E-state index contributed by atoms with van der Waals surface area (Å²) in [6, 6.07) is 20.4. The van der Waals surface area contributed by atoms with Crippen LogP contribution in [0.15, 0.2) is 83.8 Å². The van der Waals surface area contributed by atoms with Crippen molar-refractivity contribution >= 4 is 15.9 Å². The van der Waals surface area contributed by atoms with Crippen molar-refractivity contribution in [2.45, 2.75) is 11.1 Å². The molecule has 0 radical (unpaired) electrons. The number of halogens is 3. The Labute approximate surface area is 201 Å². The predicted octanol–water partition coefficient (Wildman–Crippen LogP) is 4.25. The van der Waals surface area contributed by atoms with Crippen molar-refractivity contribution in [3.63, 3.8) is 0 Å². The fraction of sp³-hybridized carbons (Fsp3) is 0.192. The van der Waals surface area contributed by atoms with Crippen molar-refractivity contribution in [3.05, 3.63) is 101 Å². The highest BCUT2D eigenvalue weighted by Crippen LogP contribution is 2.35. The maximum Gasteiger partial charge on any atom is 0.417 e. The molecule has 1 amide bonds. The van der Waals surface area contributed by atoms with Gasteiger partial charge >= 0.3 is 6.18 Å². The first-order valence-electron chi connectivity index (χ1n) is 10.8. The van der Waals surface area contributed by atoms with Crippen LogP contribution in [-0.4, -0.2) is 49.7 Å². The Morgan fingerprint density at radius 3 is 1.89 bits per heavy atom. The fourth-order valence-corrected chi connectivity index (χ4v) is 5.38. The van der Waals surface area contributed by atoms with E-state index >= 15 is 0 Å². The minimum Gasteiger partial charge on any atom is -0.336 e. The van der Waals surface area contributed by atoms with Crippen molar-refractivity contribution in [1.82, 2.24) is 9.21 Å². The zero-order valence-electron chi connectivity index (χ0n) is 18.5. The van der Waals surface area contributed by atoms with E-state index in [-0.39, 0.29) is 32.1 Å². The van der Waals surface area contributed by atoms with Crippen LogP contribution in [0.4, 0.5) is 13.2 Å². The molecule has 3 aromatic rings. The fourth-order valence-electron chi connectivity index (χ4n) is 3.74. The second-order valence-electron chi connectivity index (χ2n) is 7.88. The van der Waals surface area contributed by atoms with Gasteiger partial charge in [0, 0.05) is 42.9 Å². The molecule has 0 saturated carbocycles. The topological polar surface area (TPSA) is 57.7 Å². The molecule has 4 rings (SSSR count). The molecule has 180 valence electrons. The monoisotopic (exact) mass is 498 g/mol. The molecule has 0 N–H and O–H groups in total. The molecule has 1 fully saturated rings. The number of carbonyl (C=O) groups excluding carboxylic acids is 1. The SMILES string of the molecule is O=C(c1ccc(C#Cc2ccccc2)cc1)N1CCN(S(=O)(=O)c2ccccc2C(F)(F)F)CC1. The maximum absolute atomic E-state index is 13.3. The third kappa shape index (κ3) is 5.56. The molecular formula is C26H21F3N2O3S. The van der Waals surface area contributed by atoms with Gasteiger partial charge in [-0.25, -0.2) is 8.42 Å². The molecule has 9 heteroatoms. The van der Waals surface area contributed by atoms with Crippen LogP contribution in [-0.2, 0) is 16.2 Å². The smallest absolute Gasteiger partial charge is 0.336 e. The molecule has 1 saturated heterocycles. The van der Waals surface area contributed by atoms with Gasteiger partial charge in [-0.05, 0) is 48.5 Å². The first-order valence-corrected chi connectivity index (χ1v) is 12.2. The third-order valence-electron chi connectivity index (χ3n) is 5.59. The summed E-state index contributed by atoms with van der Waals surface area (Å²) in [4.78, 5) is 13.6. The van der Waals surface area contributed by atoms with Gasteiger partial charge in [-0.2, -0.15) is 17.5 Å². The number of hydrogen-bond acceptors (Lipinski definition) is 3. The lowest BCUT2D eigenvalue weighted by atomic mass is 10.1. The van der Waals surface area contributed by atoms with Gasteiger partial charge in [0.25, 0.3) is 5.91 Å². The number of piperazine rings is 1. The first kappa shape index (κ1) is 24.5. The molecule has 0 aromatic heterocycles. The number of hydrogen-bond donors (Lipinski definition) is 0. The van der Waals surface area contributed by atoms with E-state index in [2.05, 4.69) is 11.8 Å². The number of nitrogens with zero attached hydrogens (tertiary/aromatic N) is 2. The average Bonchev–Trinajstić information content (AvgIpc) is 2.87. The van der Waals surface area contributed by atoms with E-state index in [1.807, 2.05) is 30.3 Å². The first-order chi connectivity index (χ1) is 16.7. The van der Waals surface area contributed by atoms with E-state index in [4.69, 9.17) is 0 Å². The highest BCUT2D eigenvalue weighted by atomic mass is 32.2. The summed E-state index contributed by atoms with van der Waals surface area (Å²) >= 11 is 0. The van der Waals surface area contributed by atoms with Gasteiger partial charge in [-0.3, -0.25) is 4.79 Å². The number of alkyl halides is 3. The van der Waals surface area contributed by atoms with Crippen molar-refractivity contribution < 1.29 is 26.4 Å². The second kappa shape index (κ2) is 9.94. The molecule has 1 heterocycles. The van der Waals surface area contributed by atoms with E-state index in [1.165, 1.54) is 11.0 Å². The molecule has 1 aliphatic rings. The highest BCUT2D eigenvalue weighted by Gasteiger charge is 2.39. The number of sulfonamides is 1. The van der Waals surface area contributed by atoms with Crippen LogP contribution in [0.2, 0.25) is 0 Å². The van der Waals surface area contributed by atoms with Gasteiger partial charge in [0.05, 0.1) is 10.5 Å². The predicted molar refractivity (Wildman–Crippen MR) is 125 cm³/mol. The Kier molecular flexibility index (Phi) is 6.96. The minimum absolute atomic E-state index is 0.0712. The molecule has 5 nitrogen and oxygen atoms in total. The summed E-state index contributed by atoms with van der Waals surface area (Å²) in [5, 5.41) is 0. The van der Waals surface area contributed by atoms with Crippen LogP contribution in [0.3, 0.4) is 0 Å². The number of benzene rings is 3. The highest BCUT2D eigenvalue weighted by molar-refractivity contribution is 7.89. The van der Waals surface area contributed by atoms with Crippen LogP contribution in [0.5, 0.6) is 0 Å². The molecule has 1 aliphatic heterocycles. The minimum atomic E-state index is -4.79. The maximum atomic E-state index is 13.3. The Balaban J connectivity index is 1.42. The molecule has 0 atom stereocenters. The lowest BCUT2D eigenvalue weighted by Gasteiger charge is -2.34. The number of amides is 1. The van der Waals surface area contributed by atoms with Gasteiger partial charge in [0.2, 0.25) is 10.0 Å². The summed E-state index contributed by atoms with van der Waals surface area (Å²) in [6.45, 7) is -0.0502. The Hall–Kier alpha value is -3.61. The molecule has 3 aromatic carbocycles.